The first-order valence-electron chi connectivity index (χ1n) is 9.40. The van der Waals surface area contributed by atoms with Gasteiger partial charge in [-0.2, -0.15) is 0 Å². The topological polar surface area (TPSA) is 45.2 Å². The van der Waals surface area contributed by atoms with E-state index in [1.165, 1.54) is 11.6 Å². The number of hydrogen-bond acceptors (Lipinski definition) is 3. The summed E-state index contributed by atoms with van der Waals surface area (Å²) in [5.74, 6) is 1.31. The van der Waals surface area contributed by atoms with E-state index in [0.29, 0.717) is 30.1 Å². The number of hydrogen-bond donors (Lipinski definition) is 1. The molecule has 2 aliphatic rings. The maximum absolute atomic E-state index is 13.6. The Morgan fingerprint density at radius 1 is 1.15 bits per heavy atom. The van der Waals surface area contributed by atoms with E-state index in [9.17, 15) is 9.18 Å². The molecule has 4 rings (SSSR count). The summed E-state index contributed by atoms with van der Waals surface area (Å²) in [7, 11) is 0. The average Bonchev–Trinajstić information content (AvgIpc) is 3.49. The van der Waals surface area contributed by atoms with Crippen molar-refractivity contribution in [2.75, 3.05) is 25.0 Å². The van der Waals surface area contributed by atoms with E-state index < -0.39 is 0 Å². The molecule has 0 radical (unpaired) electrons. The Labute approximate surface area is 153 Å². The zero-order valence-electron chi connectivity index (χ0n) is 14.8. The summed E-state index contributed by atoms with van der Waals surface area (Å²) in [4.78, 5) is 18.8. The van der Waals surface area contributed by atoms with Gasteiger partial charge >= 0.3 is 0 Å². The van der Waals surface area contributed by atoms with Gasteiger partial charge in [0.15, 0.2) is 11.6 Å². The van der Waals surface area contributed by atoms with Crippen LogP contribution in [0.1, 0.15) is 30.7 Å². The predicted molar refractivity (Wildman–Crippen MR) is 99.3 cm³/mol. The van der Waals surface area contributed by atoms with Crippen LogP contribution in [0.25, 0.3) is 0 Å². The lowest BCUT2D eigenvalue weighted by Gasteiger charge is -2.32. The van der Waals surface area contributed by atoms with Crippen LogP contribution in [0.3, 0.4) is 0 Å². The van der Waals surface area contributed by atoms with Crippen molar-refractivity contribution >= 4 is 11.7 Å². The van der Waals surface area contributed by atoms with Crippen molar-refractivity contribution in [2.45, 2.75) is 25.2 Å². The van der Waals surface area contributed by atoms with Crippen molar-refractivity contribution in [2.24, 2.45) is 11.8 Å². The number of piperidine rings is 1. The second-order valence-electron chi connectivity index (χ2n) is 7.34. The van der Waals surface area contributed by atoms with E-state index in [1.807, 2.05) is 23.1 Å². The number of carbonyl (C=O) groups is 1. The van der Waals surface area contributed by atoms with Crippen LogP contribution in [-0.4, -0.2) is 35.4 Å². The standard InChI is InChI=1S/C21H24FN3O/c22-19-7-4-10-23-20(19)24-14-15-8-11-25(12-9-15)21(26)18-13-17(18)16-5-2-1-3-6-16/h1-7,10,15,17-18H,8-9,11-14H2,(H,23,24)/t17?,18-/m1/s1. The van der Waals surface area contributed by atoms with Crippen LogP contribution in [0.5, 0.6) is 0 Å². The van der Waals surface area contributed by atoms with Crippen LogP contribution >= 0.6 is 0 Å². The average molecular weight is 353 g/mol. The quantitative estimate of drug-likeness (QED) is 0.892. The molecule has 0 bridgehead atoms. The van der Waals surface area contributed by atoms with Gasteiger partial charge in [-0.3, -0.25) is 4.79 Å². The molecule has 1 aliphatic carbocycles. The monoisotopic (exact) mass is 353 g/mol. The maximum Gasteiger partial charge on any atom is 0.226 e. The van der Waals surface area contributed by atoms with E-state index in [2.05, 4.69) is 22.4 Å². The highest BCUT2D eigenvalue weighted by atomic mass is 19.1. The number of anilines is 1. The molecule has 1 aromatic heterocycles. The fourth-order valence-electron chi connectivity index (χ4n) is 3.89. The summed E-state index contributed by atoms with van der Waals surface area (Å²) in [5.41, 5.74) is 1.28. The van der Waals surface area contributed by atoms with Crippen molar-refractivity contribution in [1.82, 2.24) is 9.88 Å². The molecule has 1 unspecified atom stereocenters. The molecule has 1 amide bonds. The van der Waals surface area contributed by atoms with E-state index >= 15 is 0 Å². The molecule has 1 aliphatic heterocycles. The minimum absolute atomic E-state index is 0.162. The molecule has 136 valence electrons. The highest BCUT2D eigenvalue weighted by molar-refractivity contribution is 5.83. The highest BCUT2D eigenvalue weighted by Gasteiger charge is 2.46. The third kappa shape index (κ3) is 3.71. The van der Waals surface area contributed by atoms with Crippen LogP contribution in [-0.2, 0) is 4.79 Å². The second kappa shape index (κ2) is 7.44. The Balaban J connectivity index is 1.24. The zero-order chi connectivity index (χ0) is 17.9. The summed E-state index contributed by atoms with van der Waals surface area (Å²) in [6.45, 7) is 2.30. The summed E-state index contributed by atoms with van der Waals surface area (Å²) in [6.07, 6.45) is 4.47. The Kier molecular flexibility index (Phi) is 4.87. The number of nitrogens with zero attached hydrogens (tertiary/aromatic N) is 2. The van der Waals surface area contributed by atoms with Crippen molar-refractivity contribution < 1.29 is 9.18 Å². The molecule has 4 nitrogen and oxygen atoms in total. The van der Waals surface area contributed by atoms with Gasteiger partial charge in [-0.15, -0.1) is 0 Å². The fraction of sp³-hybridized carbons (Fsp3) is 0.429. The van der Waals surface area contributed by atoms with Crippen LogP contribution in [0, 0.1) is 17.7 Å². The van der Waals surface area contributed by atoms with E-state index in [0.717, 1.165) is 32.4 Å². The largest absolute Gasteiger partial charge is 0.367 e. The third-order valence-electron chi connectivity index (χ3n) is 5.58. The number of carbonyl (C=O) groups excluding carboxylic acids is 1. The first kappa shape index (κ1) is 17.0. The Bertz CT molecular complexity index is 759. The normalized spacial score (nSPS) is 22.9. The molecule has 1 saturated heterocycles. The lowest BCUT2D eigenvalue weighted by molar-refractivity contribution is -0.134. The molecule has 1 aromatic carbocycles. The third-order valence-corrected chi connectivity index (χ3v) is 5.58. The minimum Gasteiger partial charge on any atom is -0.367 e. The molecule has 0 spiro atoms. The number of pyridine rings is 1. The van der Waals surface area contributed by atoms with Gasteiger partial charge in [-0.05, 0) is 48.8 Å². The molecule has 2 heterocycles. The van der Waals surface area contributed by atoms with E-state index in [-0.39, 0.29) is 11.7 Å². The number of rotatable bonds is 5. The van der Waals surface area contributed by atoms with Crippen molar-refractivity contribution in [3.8, 4) is 0 Å². The first-order chi connectivity index (χ1) is 12.7. The van der Waals surface area contributed by atoms with Gasteiger partial charge in [0, 0.05) is 31.7 Å². The SMILES string of the molecule is O=C([C@@H]1CC1c1ccccc1)N1CCC(CNc2ncccc2F)CC1. The summed E-state index contributed by atoms with van der Waals surface area (Å²) in [5, 5.41) is 3.10. The Hall–Kier alpha value is -2.43. The van der Waals surface area contributed by atoms with Crippen molar-refractivity contribution in [3.63, 3.8) is 0 Å². The van der Waals surface area contributed by atoms with Crippen LogP contribution in [0.4, 0.5) is 10.2 Å². The molecular weight excluding hydrogens is 329 g/mol. The van der Waals surface area contributed by atoms with Gasteiger partial charge < -0.3 is 10.2 Å². The number of amides is 1. The van der Waals surface area contributed by atoms with E-state index in [1.54, 1.807) is 12.3 Å². The maximum atomic E-state index is 13.6. The molecule has 5 heteroatoms. The van der Waals surface area contributed by atoms with Gasteiger partial charge in [0.1, 0.15) is 0 Å². The molecule has 2 atom stereocenters. The van der Waals surface area contributed by atoms with E-state index in [4.69, 9.17) is 0 Å². The second-order valence-corrected chi connectivity index (χ2v) is 7.34. The lowest BCUT2D eigenvalue weighted by atomic mass is 9.96. The number of aromatic nitrogens is 1. The summed E-state index contributed by atoms with van der Waals surface area (Å²) >= 11 is 0. The predicted octanol–water partition coefficient (Wildman–Crippen LogP) is 3.67. The first-order valence-corrected chi connectivity index (χ1v) is 9.40. The number of benzene rings is 1. The summed E-state index contributed by atoms with van der Waals surface area (Å²) in [6, 6.07) is 13.3. The minimum atomic E-state index is -0.319. The highest BCUT2D eigenvalue weighted by Crippen LogP contribution is 2.48. The van der Waals surface area contributed by atoms with Crippen LogP contribution < -0.4 is 5.32 Å². The van der Waals surface area contributed by atoms with Crippen molar-refractivity contribution in [1.29, 1.82) is 0 Å². The number of likely N-dealkylation sites (tertiary alicyclic amines) is 1. The van der Waals surface area contributed by atoms with Crippen LogP contribution in [0.2, 0.25) is 0 Å². The van der Waals surface area contributed by atoms with Gasteiger partial charge in [0.05, 0.1) is 0 Å². The molecule has 1 saturated carbocycles. The van der Waals surface area contributed by atoms with Gasteiger partial charge in [-0.25, -0.2) is 9.37 Å². The number of nitrogens with one attached hydrogen (secondary N) is 1. The van der Waals surface area contributed by atoms with Gasteiger partial charge in [0.25, 0.3) is 0 Å². The molecule has 2 fully saturated rings. The van der Waals surface area contributed by atoms with Crippen molar-refractivity contribution in [3.05, 3.63) is 60.0 Å². The Morgan fingerprint density at radius 3 is 2.65 bits per heavy atom. The van der Waals surface area contributed by atoms with Gasteiger partial charge in [0.2, 0.25) is 5.91 Å². The molecule has 2 aromatic rings. The molecular formula is C21H24FN3O. The van der Waals surface area contributed by atoms with Gasteiger partial charge in [-0.1, -0.05) is 30.3 Å². The summed E-state index contributed by atoms with van der Waals surface area (Å²) < 4.78 is 13.6. The number of halogens is 1. The molecule has 1 N–H and O–H groups in total. The zero-order valence-corrected chi connectivity index (χ0v) is 14.8. The Morgan fingerprint density at radius 2 is 1.92 bits per heavy atom. The smallest absolute Gasteiger partial charge is 0.226 e. The molecule has 26 heavy (non-hydrogen) atoms. The van der Waals surface area contributed by atoms with Crippen LogP contribution in [0.15, 0.2) is 48.7 Å². The lowest BCUT2D eigenvalue weighted by Crippen LogP contribution is -2.40. The fourth-order valence-corrected chi connectivity index (χ4v) is 3.89.